The van der Waals surface area contributed by atoms with Crippen LogP contribution < -0.4 is 10.6 Å². The Kier molecular flexibility index (Phi) is 3.50. The smallest absolute Gasteiger partial charge is 0.266 e. The van der Waals surface area contributed by atoms with Crippen LogP contribution in [0.2, 0.25) is 0 Å². The molecule has 1 saturated carbocycles. The average molecular weight is 250 g/mol. The van der Waals surface area contributed by atoms with Crippen LogP contribution in [0.15, 0.2) is 4.52 Å². The minimum absolute atomic E-state index is 0.306. The molecule has 0 radical (unpaired) electrons. The van der Waals surface area contributed by atoms with Crippen LogP contribution in [0.1, 0.15) is 44.4 Å². The lowest BCUT2D eigenvalue weighted by molar-refractivity contribution is 0.273. The molecule has 2 heterocycles. The summed E-state index contributed by atoms with van der Waals surface area (Å²) in [5.74, 6) is 2.05. The van der Waals surface area contributed by atoms with Crippen molar-refractivity contribution < 1.29 is 4.52 Å². The highest BCUT2D eigenvalue weighted by Gasteiger charge is 2.25. The molecule has 2 aliphatic rings. The molecular weight excluding hydrogens is 228 g/mol. The number of hydrogen-bond donors (Lipinski definition) is 1. The summed E-state index contributed by atoms with van der Waals surface area (Å²) in [6, 6.07) is 0.306. The second-order valence-electron chi connectivity index (χ2n) is 5.59. The van der Waals surface area contributed by atoms with Gasteiger partial charge in [-0.2, -0.15) is 4.98 Å². The first kappa shape index (κ1) is 12.0. The molecule has 1 saturated heterocycles. The topological polar surface area (TPSA) is 68.2 Å². The summed E-state index contributed by atoms with van der Waals surface area (Å²) < 4.78 is 5.37. The van der Waals surface area contributed by atoms with Gasteiger partial charge in [-0.3, -0.25) is 0 Å². The molecule has 0 aromatic carbocycles. The van der Waals surface area contributed by atoms with E-state index in [4.69, 9.17) is 10.3 Å². The molecule has 0 amide bonds. The number of hydrogen-bond acceptors (Lipinski definition) is 5. The first-order valence-corrected chi connectivity index (χ1v) is 7.16. The highest BCUT2D eigenvalue weighted by molar-refractivity contribution is 5.28. The van der Waals surface area contributed by atoms with Gasteiger partial charge in [-0.25, -0.2) is 0 Å². The zero-order valence-electron chi connectivity index (χ0n) is 10.8. The lowest BCUT2D eigenvalue weighted by Gasteiger charge is -2.27. The van der Waals surface area contributed by atoms with Crippen molar-refractivity contribution in [3.8, 4) is 0 Å². The molecule has 5 nitrogen and oxygen atoms in total. The van der Waals surface area contributed by atoms with Crippen molar-refractivity contribution in [3.05, 3.63) is 5.89 Å². The van der Waals surface area contributed by atoms with Crippen molar-refractivity contribution in [2.75, 3.05) is 18.0 Å². The molecule has 18 heavy (non-hydrogen) atoms. The van der Waals surface area contributed by atoms with E-state index in [0.29, 0.717) is 12.0 Å². The van der Waals surface area contributed by atoms with Crippen LogP contribution in [0.25, 0.3) is 0 Å². The van der Waals surface area contributed by atoms with E-state index >= 15 is 0 Å². The van der Waals surface area contributed by atoms with Crippen molar-refractivity contribution in [2.45, 2.75) is 51.0 Å². The van der Waals surface area contributed by atoms with Crippen LogP contribution in [0.3, 0.4) is 0 Å². The van der Waals surface area contributed by atoms with Gasteiger partial charge in [0.05, 0.1) is 0 Å². The van der Waals surface area contributed by atoms with Crippen LogP contribution in [-0.4, -0.2) is 29.3 Å². The van der Waals surface area contributed by atoms with Crippen LogP contribution in [0.4, 0.5) is 5.95 Å². The lowest BCUT2D eigenvalue weighted by Crippen LogP contribution is -2.34. The summed E-state index contributed by atoms with van der Waals surface area (Å²) in [5, 5.41) is 4.09. The Morgan fingerprint density at radius 2 is 1.94 bits per heavy atom. The molecule has 1 aromatic heterocycles. The quantitative estimate of drug-likeness (QED) is 0.884. The third-order valence-electron chi connectivity index (χ3n) is 4.25. The summed E-state index contributed by atoms with van der Waals surface area (Å²) in [5.41, 5.74) is 6.16. The van der Waals surface area contributed by atoms with E-state index in [1.807, 2.05) is 0 Å². The fourth-order valence-corrected chi connectivity index (χ4v) is 3.09. The van der Waals surface area contributed by atoms with Crippen molar-refractivity contribution >= 4 is 5.95 Å². The SMILES string of the molecule is NC1CCCCC1Cc1nc(N2CCCC2)no1. The summed E-state index contributed by atoms with van der Waals surface area (Å²) >= 11 is 0. The lowest BCUT2D eigenvalue weighted by atomic mass is 9.83. The van der Waals surface area contributed by atoms with E-state index < -0.39 is 0 Å². The standard InChI is InChI=1S/C13H22N4O/c14-11-6-2-1-5-10(11)9-12-15-13(16-18-12)17-7-3-4-8-17/h10-11H,1-9,14H2. The van der Waals surface area contributed by atoms with Crippen molar-refractivity contribution in [1.29, 1.82) is 0 Å². The van der Waals surface area contributed by atoms with Crippen LogP contribution in [0.5, 0.6) is 0 Å². The van der Waals surface area contributed by atoms with Gasteiger partial charge in [-0.05, 0) is 36.8 Å². The zero-order chi connectivity index (χ0) is 12.4. The minimum Gasteiger partial charge on any atom is -0.338 e. The highest BCUT2D eigenvalue weighted by Crippen LogP contribution is 2.26. The maximum atomic E-state index is 6.16. The van der Waals surface area contributed by atoms with Gasteiger partial charge in [-0.1, -0.05) is 12.8 Å². The molecule has 1 aliphatic carbocycles. The van der Waals surface area contributed by atoms with Crippen LogP contribution in [-0.2, 0) is 6.42 Å². The van der Waals surface area contributed by atoms with E-state index in [9.17, 15) is 0 Å². The fourth-order valence-electron chi connectivity index (χ4n) is 3.09. The van der Waals surface area contributed by atoms with E-state index in [-0.39, 0.29) is 0 Å². The molecule has 1 aromatic rings. The number of rotatable bonds is 3. The Morgan fingerprint density at radius 3 is 2.72 bits per heavy atom. The van der Waals surface area contributed by atoms with Gasteiger partial charge in [0.25, 0.3) is 5.95 Å². The molecular formula is C13H22N4O. The molecule has 0 bridgehead atoms. The van der Waals surface area contributed by atoms with E-state index in [1.165, 1.54) is 32.1 Å². The van der Waals surface area contributed by atoms with Crippen LogP contribution >= 0.6 is 0 Å². The molecule has 2 fully saturated rings. The van der Waals surface area contributed by atoms with Crippen molar-refractivity contribution in [1.82, 2.24) is 10.1 Å². The molecule has 3 rings (SSSR count). The van der Waals surface area contributed by atoms with Gasteiger partial charge < -0.3 is 15.2 Å². The predicted octanol–water partition coefficient (Wildman–Crippen LogP) is 1.73. The fraction of sp³-hybridized carbons (Fsp3) is 0.846. The Bertz CT molecular complexity index is 386. The maximum absolute atomic E-state index is 6.16. The normalized spacial score (nSPS) is 28.8. The Labute approximate surface area is 108 Å². The molecule has 2 atom stereocenters. The molecule has 2 unspecified atom stereocenters. The number of nitrogens with zero attached hydrogens (tertiary/aromatic N) is 3. The molecule has 2 N–H and O–H groups in total. The van der Waals surface area contributed by atoms with Gasteiger partial charge in [0.1, 0.15) is 0 Å². The van der Waals surface area contributed by atoms with Gasteiger partial charge in [0.2, 0.25) is 5.89 Å². The number of nitrogens with two attached hydrogens (primary N) is 1. The highest BCUT2D eigenvalue weighted by atomic mass is 16.5. The van der Waals surface area contributed by atoms with Gasteiger partial charge in [-0.15, -0.1) is 0 Å². The predicted molar refractivity (Wildman–Crippen MR) is 69.4 cm³/mol. The van der Waals surface area contributed by atoms with Crippen molar-refractivity contribution in [2.24, 2.45) is 11.7 Å². The third-order valence-corrected chi connectivity index (χ3v) is 4.25. The zero-order valence-corrected chi connectivity index (χ0v) is 10.8. The first-order valence-electron chi connectivity index (χ1n) is 7.16. The molecule has 100 valence electrons. The Balaban J connectivity index is 1.62. The second-order valence-corrected chi connectivity index (χ2v) is 5.59. The minimum atomic E-state index is 0.306. The van der Waals surface area contributed by atoms with E-state index in [0.717, 1.165) is 37.8 Å². The number of aromatic nitrogens is 2. The molecule has 5 heteroatoms. The van der Waals surface area contributed by atoms with Gasteiger partial charge in [0.15, 0.2) is 0 Å². The molecule has 1 aliphatic heterocycles. The summed E-state index contributed by atoms with van der Waals surface area (Å²) in [7, 11) is 0. The van der Waals surface area contributed by atoms with Crippen molar-refractivity contribution in [3.63, 3.8) is 0 Å². The van der Waals surface area contributed by atoms with E-state index in [2.05, 4.69) is 15.0 Å². The largest absolute Gasteiger partial charge is 0.338 e. The molecule has 0 spiro atoms. The first-order chi connectivity index (χ1) is 8.83. The van der Waals surface area contributed by atoms with E-state index in [1.54, 1.807) is 0 Å². The summed E-state index contributed by atoms with van der Waals surface area (Å²) in [6.07, 6.45) is 8.20. The summed E-state index contributed by atoms with van der Waals surface area (Å²) in [4.78, 5) is 6.72. The second kappa shape index (κ2) is 5.26. The summed E-state index contributed by atoms with van der Waals surface area (Å²) in [6.45, 7) is 2.11. The Hall–Kier alpha value is -1.10. The Morgan fingerprint density at radius 1 is 1.17 bits per heavy atom. The monoisotopic (exact) mass is 250 g/mol. The van der Waals surface area contributed by atoms with Crippen LogP contribution in [0, 0.1) is 5.92 Å². The maximum Gasteiger partial charge on any atom is 0.266 e. The third kappa shape index (κ3) is 2.51. The average Bonchev–Trinajstić information content (AvgIpc) is 3.02. The van der Waals surface area contributed by atoms with Gasteiger partial charge >= 0.3 is 0 Å². The number of anilines is 1. The van der Waals surface area contributed by atoms with Gasteiger partial charge in [0, 0.05) is 25.6 Å².